The van der Waals surface area contributed by atoms with E-state index in [1.807, 2.05) is 23.2 Å². The van der Waals surface area contributed by atoms with Crippen LogP contribution in [0.15, 0.2) is 30.6 Å². The van der Waals surface area contributed by atoms with Crippen LogP contribution in [-0.2, 0) is 17.9 Å². The van der Waals surface area contributed by atoms with Gasteiger partial charge < -0.3 is 9.47 Å². The normalized spacial score (nSPS) is 14.5. The second-order valence-electron chi connectivity index (χ2n) is 7.45. The molecule has 1 saturated carbocycles. The predicted molar refractivity (Wildman–Crippen MR) is 105 cm³/mol. The molecule has 4 nitrogen and oxygen atoms in total. The predicted octanol–water partition coefficient (Wildman–Crippen LogP) is 5.02. The molecule has 0 atom stereocenters. The van der Waals surface area contributed by atoms with E-state index in [0.717, 1.165) is 37.2 Å². The first kappa shape index (κ1) is 19.2. The molecule has 0 N–H and O–H groups in total. The highest BCUT2D eigenvalue weighted by Gasteiger charge is 2.30. The van der Waals surface area contributed by atoms with Crippen molar-refractivity contribution in [3.05, 3.63) is 52.0 Å². The van der Waals surface area contributed by atoms with Gasteiger partial charge in [0.15, 0.2) is 0 Å². The second-order valence-corrected chi connectivity index (χ2v) is 8.29. The van der Waals surface area contributed by atoms with Crippen molar-refractivity contribution in [2.75, 3.05) is 6.54 Å². The van der Waals surface area contributed by atoms with E-state index >= 15 is 0 Å². The molecule has 1 fully saturated rings. The van der Waals surface area contributed by atoms with Crippen molar-refractivity contribution >= 4 is 29.1 Å². The minimum atomic E-state index is 0.197. The molecule has 1 aliphatic carbocycles. The lowest BCUT2D eigenvalue weighted by molar-refractivity contribution is -0.139. The number of halogens is 2. The lowest BCUT2D eigenvalue weighted by Crippen LogP contribution is -2.41. The van der Waals surface area contributed by atoms with Gasteiger partial charge in [-0.25, -0.2) is 4.98 Å². The molecule has 26 heavy (non-hydrogen) atoms. The highest BCUT2D eigenvalue weighted by atomic mass is 35.5. The maximum absolute atomic E-state index is 12.8. The first-order chi connectivity index (χ1) is 12.4. The van der Waals surface area contributed by atoms with Crippen molar-refractivity contribution in [1.29, 1.82) is 0 Å². The number of amides is 1. The molecule has 1 heterocycles. The van der Waals surface area contributed by atoms with Gasteiger partial charge in [-0.2, -0.15) is 0 Å². The molecule has 3 rings (SSSR count). The van der Waals surface area contributed by atoms with E-state index in [1.165, 1.54) is 0 Å². The first-order valence-electron chi connectivity index (χ1n) is 9.16. The van der Waals surface area contributed by atoms with E-state index in [9.17, 15) is 4.79 Å². The summed E-state index contributed by atoms with van der Waals surface area (Å²) in [7, 11) is 0. The minimum absolute atomic E-state index is 0.197. The zero-order valence-corrected chi connectivity index (χ0v) is 16.8. The van der Waals surface area contributed by atoms with Gasteiger partial charge in [-0.15, -0.1) is 0 Å². The molecule has 2 aromatic rings. The molecular formula is C20H25Cl2N3O. The highest BCUT2D eigenvalue weighted by molar-refractivity contribution is 6.35. The van der Waals surface area contributed by atoms with Crippen LogP contribution in [0, 0.1) is 11.8 Å². The minimum Gasteiger partial charge on any atom is -0.335 e. The summed E-state index contributed by atoms with van der Waals surface area (Å²) in [5.41, 5.74) is 0.982. The van der Waals surface area contributed by atoms with Crippen LogP contribution in [0.4, 0.5) is 0 Å². The summed E-state index contributed by atoms with van der Waals surface area (Å²) >= 11 is 12.3. The Morgan fingerprint density at radius 2 is 2.12 bits per heavy atom. The van der Waals surface area contributed by atoms with E-state index in [-0.39, 0.29) is 11.8 Å². The lowest BCUT2D eigenvalue weighted by atomic mass is 9.84. The van der Waals surface area contributed by atoms with Gasteiger partial charge in [-0.05, 0) is 36.5 Å². The molecule has 0 spiro atoms. The Hall–Kier alpha value is -1.52. The van der Waals surface area contributed by atoms with Crippen molar-refractivity contribution in [3.8, 4) is 0 Å². The van der Waals surface area contributed by atoms with Gasteiger partial charge in [0.1, 0.15) is 5.82 Å². The van der Waals surface area contributed by atoms with E-state index < -0.39 is 0 Å². The third-order valence-electron chi connectivity index (χ3n) is 4.84. The maximum Gasteiger partial charge on any atom is 0.226 e. The highest BCUT2D eigenvalue weighted by Crippen LogP contribution is 2.29. The average molecular weight is 394 g/mol. The molecule has 6 heteroatoms. The second kappa shape index (κ2) is 8.45. The zero-order chi connectivity index (χ0) is 18.7. The Kier molecular flexibility index (Phi) is 6.25. The number of carbonyl (C=O) groups excluding carboxylic acids is 1. The van der Waals surface area contributed by atoms with E-state index in [1.54, 1.807) is 12.3 Å². The van der Waals surface area contributed by atoms with Gasteiger partial charge >= 0.3 is 0 Å². The topological polar surface area (TPSA) is 38.1 Å². The van der Waals surface area contributed by atoms with Gasteiger partial charge in [-0.1, -0.05) is 49.5 Å². The van der Waals surface area contributed by atoms with Crippen LogP contribution in [0.3, 0.4) is 0 Å². The van der Waals surface area contributed by atoms with Gasteiger partial charge in [0.25, 0.3) is 0 Å². The molecular weight excluding hydrogens is 369 g/mol. The summed E-state index contributed by atoms with van der Waals surface area (Å²) in [5.74, 6) is 1.77. The summed E-state index contributed by atoms with van der Waals surface area (Å²) in [6.45, 7) is 6.18. The zero-order valence-electron chi connectivity index (χ0n) is 15.3. The van der Waals surface area contributed by atoms with Crippen molar-refractivity contribution in [2.24, 2.45) is 11.8 Å². The fourth-order valence-electron chi connectivity index (χ4n) is 3.23. The van der Waals surface area contributed by atoms with Gasteiger partial charge in [0.05, 0.1) is 13.1 Å². The molecule has 1 amide bonds. The van der Waals surface area contributed by atoms with Gasteiger partial charge in [0.2, 0.25) is 5.91 Å². The molecule has 140 valence electrons. The largest absolute Gasteiger partial charge is 0.335 e. The fraction of sp³-hybridized carbons (Fsp3) is 0.500. The van der Waals surface area contributed by atoms with Crippen molar-refractivity contribution in [1.82, 2.24) is 14.5 Å². The molecule has 0 saturated heterocycles. The number of hydrogen-bond acceptors (Lipinski definition) is 2. The summed E-state index contributed by atoms with van der Waals surface area (Å²) < 4.78 is 2.05. The van der Waals surface area contributed by atoms with E-state index in [2.05, 4.69) is 23.4 Å². The van der Waals surface area contributed by atoms with Crippen LogP contribution in [-0.4, -0.2) is 26.9 Å². The maximum atomic E-state index is 12.8. The monoisotopic (exact) mass is 393 g/mol. The van der Waals surface area contributed by atoms with Crippen LogP contribution < -0.4 is 0 Å². The number of aromatic nitrogens is 2. The van der Waals surface area contributed by atoms with Crippen LogP contribution in [0.25, 0.3) is 0 Å². The first-order valence-corrected chi connectivity index (χ1v) is 9.92. The molecule has 0 bridgehead atoms. The van der Waals surface area contributed by atoms with E-state index in [0.29, 0.717) is 29.1 Å². The van der Waals surface area contributed by atoms with Gasteiger partial charge in [0, 0.05) is 34.9 Å². The number of imidazole rings is 1. The molecule has 1 aliphatic rings. The number of hydrogen-bond donors (Lipinski definition) is 0. The van der Waals surface area contributed by atoms with Crippen LogP contribution >= 0.6 is 23.2 Å². The van der Waals surface area contributed by atoms with Crippen LogP contribution in [0.5, 0.6) is 0 Å². The smallest absolute Gasteiger partial charge is 0.226 e. The Labute approximate surface area is 165 Å². The SMILES string of the molecule is CC(C)CN(Cc1nccn1Cc1ccc(Cl)cc1Cl)C(=O)C1CCC1. The number of rotatable bonds is 7. The summed E-state index contributed by atoms with van der Waals surface area (Å²) in [5, 5.41) is 1.26. The summed E-state index contributed by atoms with van der Waals surface area (Å²) in [6, 6.07) is 5.52. The van der Waals surface area contributed by atoms with Crippen LogP contribution in [0.2, 0.25) is 10.0 Å². The Balaban J connectivity index is 1.76. The third-order valence-corrected chi connectivity index (χ3v) is 5.43. The van der Waals surface area contributed by atoms with Crippen molar-refractivity contribution < 1.29 is 4.79 Å². The molecule has 0 aliphatic heterocycles. The Bertz CT molecular complexity index is 768. The summed E-state index contributed by atoms with van der Waals surface area (Å²) in [4.78, 5) is 19.3. The van der Waals surface area contributed by atoms with Crippen molar-refractivity contribution in [2.45, 2.75) is 46.2 Å². The molecule has 1 aromatic heterocycles. The van der Waals surface area contributed by atoms with Gasteiger partial charge in [-0.3, -0.25) is 4.79 Å². The quantitative estimate of drug-likeness (QED) is 0.661. The molecule has 1 aromatic carbocycles. The number of nitrogens with zero attached hydrogens (tertiary/aromatic N) is 3. The van der Waals surface area contributed by atoms with Crippen LogP contribution in [0.1, 0.15) is 44.5 Å². The van der Waals surface area contributed by atoms with Crippen molar-refractivity contribution in [3.63, 3.8) is 0 Å². The third kappa shape index (κ3) is 4.60. The Morgan fingerprint density at radius 1 is 1.35 bits per heavy atom. The number of carbonyl (C=O) groups is 1. The number of benzene rings is 1. The average Bonchev–Trinajstić information content (AvgIpc) is 2.94. The molecule has 0 unspecified atom stereocenters. The molecule has 0 radical (unpaired) electrons. The fourth-order valence-corrected chi connectivity index (χ4v) is 3.69. The Morgan fingerprint density at radius 3 is 2.73 bits per heavy atom. The standard InChI is InChI=1S/C20H25Cl2N3O/c1-14(2)11-25(20(26)15-4-3-5-15)13-19-23-8-9-24(19)12-16-6-7-17(21)10-18(16)22/h6-10,14-15H,3-5,11-13H2,1-2H3. The van der Waals surface area contributed by atoms with E-state index in [4.69, 9.17) is 23.2 Å². The lowest BCUT2D eigenvalue weighted by Gasteiger charge is -2.32. The summed E-state index contributed by atoms with van der Waals surface area (Å²) in [6.07, 6.45) is 6.91.